The van der Waals surface area contributed by atoms with E-state index in [0.717, 1.165) is 11.4 Å². The predicted octanol–water partition coefficient (Wildman–Crippen LogP) is 1.95. The third-order valence-corrected chi connectivity index (χ3v) is 2.67. The van der Waals surface area contributed by atoms with Crippen molar-refractivity contribution < 1.29 is 4.39 Å². The average molecular weight is 219 g/mol. The second kappa shape index (κ2) is 4.45. The van der Waals surface area contributed by atoms with Crippen LogP contribution in [-0.2, 0) is 0 Å². The Morgan fingerprint density at radius 1 is 1.50 bits per heavy atom. The van der Waals surface area contributed by atoms with E-state index in [4.69, 9.17) is 5.73 Å². The molecule has 0 amide bonds. The van der Waals surface area contributed by atoms with Gasteiger partial charge in [0.25, 0.3) is 0 Å². The summed E-state index contributed by atoms with van der Waals surface area (Å²) in [6.07, 6.45) is 3.45. The number of rotatable bonds is 3. The van der Waals surface area contributed by atoms with E-state index in [0.29, 0.717) is 12.1 Å². The summed E-state index contributed by atoms with van der Waals surface area (Å²) in [5, 5.41) is 0. The van der Waals surface area contributed by atoms with Crippen LogP contribution in [0.3, 0.4) is 0 Å². The van der Waals surface area contributed by atoms with Crippen molar-refractivity contribution in [3.8, 4) is 0 Å². The fourth-order valence-electron chi connectivity index (χ4n) is 1.76. The Morgan fingerprint density at radius 2 is 2.31 bits per heavy atom. The molecule has 2 rings (SSSR count). The van der Waals surface area contributed by atoms with Crippen LogP contribution in [-0.4, -0.2) is 16.5 Å². The smallest absolute Gasteiger partial charge is 0.126 e. The number of hydrogen-bond donors (Lipinski definition) is 2. The van der Waals surface area contributed by atoms with Crippen molar-refractivity contribution in [2.45, 2.75) is 12.8 Å². The molecule has 0 saturated heterocycles. The van der Waals surface area contributed by atoms with Gasteiger partial charge in [-0.15, -0.1) is 0 Å². The summed E-state index contributed by atoms with van der Waals surface area (Å²) in [6, 6.07) is 5.04. The van der Waals surface area contributed by atoms with Crippen LogP contribution in [0.1, 0.15) is 22.9 Å². The summed E-state index contributed by atoms with van der Waals surface area (Å²) in [7, 11) is 0. The van der Waals surface area contributed by atoms with E-state index < -0.39 is 0 Å². The van der Waals surface area contributed by atoms with Crippen LogP contribution in [0.25, 0.3) is 0 Å². The van der Waals surface area contributed by atoms with Gasteiger partial charge in [0.2, 0.25) is 0 Å². The molecule has 3 nitrogen and oxygen atoms in total. The van der Waals surface area contributed by atoms with Crippen LogP contribution in [0.4, 0.5) is 4.39 Å². The van der Waals surface area contributed by atoms with Crippen molar-refractivity contribution in [2.75, 3.05) is 6.54 Å². The van der Waals surface area contributed by atoms with E-state index in [-0.39, 0.29) is 11.7 Å². The molecular weight excluding hydrogens is 205 g/mol. The van der Waals surface area contributed by atoms with Crippen LogP contribution in [0.2, 0.25) is 0 Å². The monoisotopic (exact) mass is 219 g/mol. The first kappa shape index (κ1) is 10.8. The number of aryl methyl sites for hydroxylation is 1. The average Bonchev–Trinajstić information content (AvgIpc) is 2.78. The summed E-state index contributed by atoms with van der Waals surface area (Å²) in [4.78, 5) is 7.22. The van der Waals surface area contributed by atoms with Gasteiger partial charge in [0.15, 0.2) is 0 Å². The molecule has 0 bridgehead atoms. The van der Waals surface area contributed by atoms with Crippen molar-refractivity contribution >= 4 is 0 Å². The Kier molecular flexibility index (Phi) is 3.01. The number of imidazole rings is 1. The lowest BCUT2D eigenvalue weighted by atomic mass is 9.97. The molecular formula is C12H14FN3. The molecule has 0 spiro atoms. The van der Waals surface area contributed by atoms with E-state index in [1.165, 1.54) is 6.07 Å². The minimum absolute atomic E-state index is 0.00528. The summed E-state index contributed by atoms with van der Waals surface area (Å²) in [5.74, 6) is 0.613. The zero-order valence-corrected chi connectivity index (χ0v) is 9.07. The maximum absolute atomic E-state index is 13.2. The van der Waals surface area contributed by atoms with Gasteiger partial charge >= 0.3 is 0 Å². The van der Waals surface area contributed by atoms with Crippen LogP contribution < -0.4 is 5.73 Å². The maximum atomic E-state index is 13.2. The Bertz CT molecular complexity index is 465. The SMILES string of the molecule is Cc1cc(C(CN)c2ncc[nH]2)ccc1F. The van der Waals surface area contributed by atoms with E-state index in [9.17, 15) is 4.39 Å². The second-order valence-corrected chi connectivity index (χ2v) is 3.77. The lowest BCUT2D eigenvalue weighted by molar-refractivity contribution is 0.616. The van der Waals surface area contributed by atoms with Gasteiger partial charge in [0.05, 0.1) is 5.92 Å². The normalized spacial score (nSPS) is 12.7. The highest BCUT2D eigenvalue weighted by molar-refractivity contribution is 5.30. The molecule has 0 fully saturated rings. The fraction of sp³-hybridized carbons (Fsp3) is 0.250. The highest BCUT2D eigenvalue weighted by Crippen LogP contribution is 2.22. The molecule has 4 heteroatoms. The first-order valence-electron chi connectivity index (χ1n) is 5.17. The number of nitrogens with zero attached hydrogens (tertiary/aromatic N) is 1. The minimum Gasteiger partial charge on any atom is -0.348 e. The summed E-state index contributed by atoms with van der Waals surface area (Å²) < 4.78 is 13.2. The molecule has 84 valence electrons. The first-order chi connectivity index (χ1) is 7.72. The van der Waals surface area contributed by atoms with Crippen molar-refractivity contribution in [1.29, 1.82) is 0 Å². The molecule has 3 N–H and O–H groups in total. The number of nitrogens with one attached hydrogen (secondary N) is 1. The Balaban J connectivity index is 2.37. The van der Waals surface area contributed by atoms with Gasteiger partial charge in [0.1, 0.15) is 11.6 Å². The number of nitrogens with two attached hydrogens (primary N) is 1. The zero-order chi connectivity index (χ0) is 11.5. The highest BCUT2D eigenvalue weighted by atomic mass is 19.1. The molecule has 1 aromatic carbocycles. The Morgan fingerprint density at radius 3 is 2.88 bits per heavy atom. The molecule has 0 aliphatic rings. The molecule has 1 heterocycles. The van der Waals surface area contributed by atoms with Gasteiger partial charge in [-0.1, -0.05) is 12.1 Å². The molecule has 1 aromatic heterocycles. The molecule has 1 atom stereocenters. The zero-order valence-electron chi connectivity index (χ0n) is 9.07. The molecule has 16 heavy (non-hydrogen) atoms. The minimum atomic E-state index is -0.195. The number of halogens is 1. The molecule has 0 aliphatic heterocycles. The van der Waals surface area contributed by atoms with Crippen molar-refractivity contribution in [3.63, 3.8) is 0 Å². The highest BCUT2D eigenvalue weighted by Gasteiger charge is 2.15. The summed E-state index contributed by atoms with van der Waals surface area (Å²) in [6.45, 7) is 2.19. The van der Waals surface area contributed by atoms with Crippen molar-refractivity contribution in [2.24, 2.45) is 5.73 Å². The maximum Gasteiger partial charge on any atom is 0.126 e. The molecule has 1 unspecified atom stereocenters. The Labute approximate surface area is 93.5 Å². The van der Waals surface area contributed by atoms with Gasteiger partial charge < -0.3 is 10.7 Å². The van der Waals surface area contributed by atoms with Crippen LogP contribution >= 0.6 is 0 Å². The number of aromatic nitrogens is 2. The van der Waals surface area contributed by atoms with Crippen molar-refractivity contribution in [3.05, 3.63) is 53.4 Å². The number of H-pyrrole nitrogens is 1. The molecule has 2 aromatic rings. The van der Waals surface area contributed by atoms with E-state index in [1.807, 2.05) is 6.07 Å². The lowest BCUT2D eigenvalue weighted by Gasteiger charge is -2.13. The van der Waals surface area contributed by atoms with Crippen LogP contribution in [0.15, 0.2) is 30.6 Å². The number of hydrogen-bond acceptors (Lipinski definition) is 2. The summed E-state index contributed by atoms with van der Waals surface area (Å²) >= 11 is 0. The predicted molar refractivity (Wildman–Crippen MR) is 60.6 cm³/mol. The van der Waals surface area contributed by atoms with Gasteiger partial charge in [-0.25, -0.2) is 9.37 Å². The van der Waals surface area contributed by atoms with Crippen LogP contribution in [0.5, 0.6) is 0 Å². The van der Waals surface area contributed by atoms with Gasteiger partial charge in [-0.3, -0.25) is 0 Å². The third kappa shape index (κ3) is 1.97. The topological polar surface area (TPSA) is 54.7 Å². The first-order valence-corrected chi connectivity index (χ1v) is 5.17. The largest absolute Gasteiger partial charge is 0.348 e. The molecule has 0 aliphatic carbocycles. The lowest BCUT2D eigenvalue weighted by Crippen LogP contribution is -2.15. The number of benzene rings is 1. The number of aromatic amines is 1. The van der Waals surface area contributed by atoms with Crippen LogP contribution in [0, 0.1) is 12.7 Å². The van der Waals surface area contributed by atoms with Crippen molar-refractivity contribution in [1.82, 2.24) is 9.97 Å². The molecule has 0 radical (unpaired) electrons. The van der Waals surface area contributed by atoms with E-state index in [1.54, 1.807) is 25.4 Å². The molecule has 0 saturated carbocycles. The standard InChI is InChI=1S/C12H14FN3/c1-8-6-9(2-3-11(8)13)10(7-14)12-15-4-5-16-12/h2-6,10H,7,14H2,1H3,(H,15,16). The quantitative estimate of drug-likeness (QED) is 0.829. The van der Waals surface area contributed by atoms with E-state index in [2.05, 4.69) is 9.97 Å². The fourth-order valence-corrected chi connectivity index (χ4v) is 1.76. The second-order valence-electron chi connectivity index (χ2n) is 3.77. The van der Waals surface area contributed by atoms with Gasteiger partial charge in [0, 0.05) is 18.9 Å². The van der Waals surface area contributed by atoms with Gasteiger partial charge in [-0.05, 0) is 24.1 Å². The summed E-state index contributed by atoms with van der Waals surface area (Å²) in [5.41, 5.74) is 7.34. The Hall–Kier alpha value is -1.68. The van der Waals surface area contributed by atoms with Gasteiger partial charge in [-0.2, -0.15) is 0 Å². The third-order valence-electron chi connectivity index (χ3n) is 2.67. The van der Waals surface area contributed by atoms with E-state index >= 15 is 0 Å².